The molecule has 12 nitrogen and oxygen atoms in total. The van der Waals surface area contributed by atoms with Crippen LogP contribution in [0.25, 0.3) is 0 Å². The molecule has 2 saturated heterocycles. The van der Waals surface area contributed by atoms with E-state index in [1.807, 2.05) is 140 Å². The Morgan fingerprint density at radius 3 is 2.14 bits per heavy atom. The molecule has 6 aromatic rings. The first-order valence-electron chi connectivity index (χ1n) is 23.5. The van der Waals surface area contributed by atoms with Crippen LogP contribution in [0.4, 0.5) is 10.5 Å². The second kappa shape index (κ2) is 20.8. The van der Waals surface area contributed by atoms with Crippen LogP contribution in [0.3, 0.4) is 0 Å². The van der Waals surface area contributed by atoms with Gasteiger partial charge in [0.25, 0.3) is 0 Å². The van der Waals surface area contributed by atoms with E-state index in [0.29, 0.717) is 41.1 Å². The largest absolute Gasteiger partial charge is 0.491 e. The van der Waals surface area contributed by atoms with Gasteiger partial charge in [0.05, 0.1) is 42.9 Å². The van der Waals surface area contributed by atoms with Gasteiger partial charge in [-0.15, -0.1) is 6.58 Å². The number of rotatable bonds is 14. The van der Waals surface area contributed by atoms with Crippen LogP contribution < -0.4 is 20.3 Å². The number of esters is 1. The van der Waals surface area contributed by atoms with Gasteiger partial charge in [0.15, 0.2) is 0 Å². The summed E-state index contributed by atoms with van der Waals surface area (Å²) in [7, 11) is 1.99. The maximum Gasteiger partial charge on any atom is 0.329 e. The molecule has 9 rings (SSSR count). The van der Waals surface area contributed by atoms with Crippen molar-refractivity contribution in [1.29, 1.82) is 0 Å². The normalized spacial score (nSPS) is 21.8. The number of urea groups is 1. The van der Waals surface area contributed by atoms with Gasteiger partial charge in [0.2, 0.25) is 11.8 Å². The van der Waals surface area contributed by atoms with E-state index in [0.717, 1.165) is 21.6 Å². The summed E-state index contributed by atoms with van der Waals surface area (Å²) in [4.78, 5) is 67.6. The number of ether oxygens (including phenoxy) is 2. The fourth-order valence-electron chi connectivity index (χ4n) is 10.5. The Hall–Kier alpha value is -7.82. The van der Waals surface area contributed by atoms with E-state index >= 15 is 19.2 Å². The molecule has 12 heteroatoms. The van der Waals surface area contributed by atoms with Crippen LogP contribution in [-0.2, 0) is 31.1 Å². The number of carbonyl (C=O) groups excluding carboxylic acids is 4. The first-order chi connectivity index (χ1) is 34.1. The van der Waals surface area contributed by atoms with Gasteiger partial charge in [-0.3, -0.25) is 24.2 Å². The third-order valence-electron chi connectivity index (χ3n) is 13.4. The Kier molecular flexibility index (Phi) is 14.0. The van der Waals surface area contributed by atoms with Crippen molar-refractivity contribution in [2.45, 2.75) is 49.2 Å². The Balaban J connectivity index is 1.29. The second-order valence-electron chi connectivity index (χ2n) is 17.9. The molecule has 3 aliphatic rings. The summed E-state index contributed by atoms with van der Waals surface area (Å²) in [6, 6.07) is 46.6. The topological polar surface area (TPSA) is 141 Å². The minimum atomic E-state index is -1.97. The number of morpholine rings is 1. The van der Waals surface area contributed by atoms with Crippen molar-refractivity contribution in [2.24, 2.45) is 5.92 Å². The lowest BCUT2D eigenvalue weighted by atomic mass is 9.65. The molecule has 0 aliphatic carbocycles. The van der Waals surface area contributed by atoms with Gasteiger partial charge in [-0.2, -0.15) is 0 Å². The van der Waals surface area contributed by atoms with E-state index in [-0.39, 0.29) is 25.4 Å². The zero-order valence-corrected chi connectivity index (χ0v) is 39.1. The van der Waals surface area contributed by atoms with E-state index < -0.39 is 65.4 Å². The predicted octanol–water partition coefficient (Wildman–Crippen LogP) is 7.98. The molecule has 3 aliphatic heterocycles. The molecule has 70 heavy (non-hydrogen) atoms. The average Bonchev–Trinajstić information content (AvgIpc) is 3.84. The van der Waals surface area contributed by atoms with Crippen molar-refractivity contribution in [3.63, 3.8) is 0 Å². The minimum absolute atomic E-state index is 0.0331. The van der Waals surface area contributed by atoms with Crippen LogP contribution in [0, 0.1) is 17.8 Å². The molecule has 3 N–H and O–H groups in total. The summed E-state index contributed by atoms with van der Waals surface area (Å²) in [5.74, 6) is 3.65. The highest BCUT2D eigenvalue weighted by atomic mass is 16.6. The standard InChI is InChI=1S/C58H55N5O7/c1-4-33-59-54(65)49-51-55(66)70-52(44-25-15-8-16-26-44)50(43-23-13-7-14-24-43)63(51)53(45-28-30-46(31-29-45)69-36-35-64)58(49)47-37-40(20-17-34-61(3)38-41-18-9-5-10-19-41)27-32-48(47)62(56(58)67)57(68)60-39(2)42-21-11-6-12-22-42/h4-16,18-19,21-32,37,39,49-53,64H,1,33-36,38H2,2-3H3,(H,59,65)(H,60,68)/t39-,49+,50+,51+,52-,53-,58+/m1/s1. The number of nitrogens with one attached hydrogen (secondary N) is 2. The lowest BCUT2D eigenvalue weighted by Crippen LogP contribution is -2.56. The number of imide groups is 1. The van der Waals surface area contributed by atoms with Crippen LogP contribution in [0.2, 0.25) is 0 Å². The van der Waals surface area contributed by atoms with E-state index in [4.69, 9.17) is 9.47 Å². The number of aliphatic hydroxyl groups is 1. The molecule has 0 bridgehead atoms. The van der Waals surface area contributed by atoms with E-state index in [1.165, 1.54) is 6.08 Å². The van der Waals surface area contributed by atoms with Gasteiger partial charge >= 0.3 is 12.0 Å². The van der Waals surface area contributed by atoms with Crippen molar-refractivity contribution < 1.29 is 33.8 Å². The van der Waals surface area contributed by atoms with E-state index in [1.54, 1.807) is 30.3 Å². The lowest BCUT2D eigenvalue weighted by molar-refractivity contribution is -0.178. The molecule has 4 amide bonds. The summed E-state index contributed by atoms with van der Waals surface area (Å²) < 4.78 is 12.4. The van der Waals surface area contributed by atoms with E-state index in [2.05, 4.69) is 46.1 Å². The van der Waals surface area contributed by atoms with Crippen molar-refractivity contribution in [2.75, 3.05) is 38.3 Å². The molecule has 0 saturated carbocycles. The fourth-order valence-corrected chi connectivity index (χ4v) is 10.5. The Morgan fingerprint density at radius 1 is 0.843 bits per heavy atom. The number of carbonyl (C=O) groups is 4. The number of benzene rings is 6. The van der Waals surface area contributed by atoms with Crippen LogP contribution in [0.5, 0.6) is 5.75 Å². The van der Waals surface area contributed by atoms with Gasteiger partial charge in [-0.1, -0.05) is 151 Å². The molecular formula is C58H55N5O7. The molecule has 0 radical (unpaired) electrons. The van der Waals surface area contributed by atoms with E-state index in [9.17, 15) is 5.11 Å². The summed E-state index contributed by atoms with van der Waals surface area (Å²) in [5.41, 5.74) is 3.22. The minimum Gasteiger partial charge on any atom is -0.491 e. The summed E-state index contributed by atoms with van der Waals surface area (Å²) in [6.45, 7) is 6.67. The quantitative estimate of drug-likeness (QED) is 0.0564. The Morgan fingerprint density at radius 2 is 1.49 bits per heavy atom. The second-order valence-corrected chi connectivity index (χ2v) is 17.9. The highest BCUT2D eigenvalue weighted by Crippen LogP contribution is 2.66. The zero-order chi connectivity index (χ0) is 48.8. The van der Waals surface area contributed by atoms with Crippen molar-refractivity contribution in [3.8, 4) is 17.6 Å². The lowest BCUT2D eigenvalue weighted by Gasteiger charge is -2.46. The number of hydrogen-bond acceptors (Lipinski definition) is 9. The first-order valence-corrected chi connectivity index (χ1v) is 23.5. The number of hydrogen-bond donors (Lipinski definition) is 3. The number of amides is 4. The molecule has 6 aromatic carbocycles. The van der Waals surface area contributed by atoms with Crippen LogP contribution in [-0.4, -0.2) is 78.1 Å². The molecule has 2 fully saturated rings. The average molecular weight is 934 g/mol. The number of anilines is 1. The van der Waals surface area contributed by atoms with Gasteiger partial charge in [0.1, 0.15) is 29.9 Å². The van der Waals surface area contributed by atoms with Crippen molar-refractivity contribution >= 4 is 29.5 Å². The molecule has 1 spiro atoms. The third kappa shape index (κ3) is 8.98. The first kappa shape index (κ1) is 47.3. The number of nitrogens with zero attached hydrogens (tertiary/aromatic N) is 3. The molecule has 354 valence electrons. The number of aliphatic hydroxyl groups excluding tert-OH is 1. The summed E-state index contributed by atoms with van der Waals surface area (Å²) in [5, 5.41) is 15.7. The highest BCUT2D eigenvalue weighted by Gasteiger charge is 2.75. The molecular weight excluding hydrogens is 879 g/mol. The molecule has 7 atom stereocenters. The molecule has 0 aromatic heterocycles. The SMILES string of the molecule is C=CCNC(=O)[C@@H]1[C@H]2C(=O)O[C@H](c3ccccc3)[C@H](c3ccccc3)N2[C@H](c2ccc(OCCO)cc2)[C@@]12C(=O)N(C(=O)N[C@H](C)c1ccccc1)c1ccc(C#CCN(C)Cc3ccccc3)cc12. The van der Waals surface area contributed by atoms with Gasteiger partial charge in [-0.05, 0) is 77.7 Å². The fraction of sp³-hybridized carbons (Fsp3) is 0.241. The number of cyclic esters (lactones) is 1. The Bertz CT molecular complexity index is 2910. The van der Waals surface area contributed by atoms with Crippen molar-refractivity contribution in [1.82, 2.24) is 20.4 Å². The maximum atomic E-state index is 16.6. The smallest absolute Gasteiger partial charge is 0.329 e. The summed E-state index contributed by atoms with van der Waals surface area (Å²) >= 11 is 0. The molecule has 0 unspecified atom stereocenters. The third-order valence-corrected chi connectivity index (χ3v) is 13.4. The van der Waals surface area contributed by atoms with Crippen molar-refractivity contribution in [3.05, 3.63) is 215 Å². The molecule has 3 heterocycles. The summed E-state index contributed by atoms with van der Waals surface area (Å²) in [6.07, 6.45) is 0.649. The van der Waals surface area contributed by atoms with Gasteiger partial charge < -0.3 is 25.2 Å². The van der Waals surface area contributed by atoms with Gasteiger partial charge in [0, 0.05) is 18.7 Å². The van der Waals surface area contributed by atoms with Gasteiger partial charge in [-0.25, -0.2) is 9.69 Å². The highest BCUT2D eigenvalue weighted by molar-refractivity contribution is 6.24. The maximum absolute atomic E-state index is 16.6. The van der Waals surface area contributed by atoms with Crippen LogP contribution in [0.15, 0.2) is 176 Å². The number of fused-ring (bicyclic) bond motifs is 3. The Labute approximate surface area is 408 Å². The van der Waals surface area contributed by atoms with Crippen LogP contribution >= 0.6 is 0 Å². The van der Waals surface area contributed by atoms with Crippen LogP contribution in [0.1, 0.15) is 70.1 Å². The zero-order valence-electron chi connectivity index (χ0n) is 39.1. The monoisotopic (exact) mass is 933 g/mol. The predicted molar refractivity (Wildman–Crippen MR) is 267 cm³/mol.